The van der Waals surface area contributed by atoms with E-state index >= 15 is 0 Å². The molecule has 0 amide bonds. The van der Waals surface area contributed by atoms with Gasteiger partial charge < -0.3 is 5.32 Å². The van der Waals surface area contributed by atoms with E-state index in [1.54, 1.807) is 12.1 Å². The van der Waals surface area contributed by atoms with Gasteiger partial charge in [0.2, 0.25) is 0 Å². The lowest BCUT2D eigenvalue weighted by atomic mass is 9.75. The summed E-state index contributed by atoms with van der Waals surface area (Å²) in [4.78, 5) is 0. The monoisotopic (exact) mass is 343 g/mol. The van der Waals surface area contributed by atoms with Gasteiger partial charge in [0.25, 0.3) is 0 Å². The minimum Gasteiger partial charge on any atom is -0.378 e. The van der Waals surface area contributed by atoms with Crippen LogP contribution in [-0.4, -0.2) is 0 Å². The Morgan fingerprint density at radius 3 is 2.64 bits per heavy atom. The molecule has 2 aromatic carbocycles. The number of aryl methyl sites for hydroxylation is 1. The molecule has 130 valence electrons. The zero-order valence-corrected chi connectivity index (χ0v) is 14.0. The van der Waals surface area contributed by atoms with Gasteiger partial charge in [0.05, 0.1) is 11.6 Å². The van der Waals surface area contributed by atoms with Gasteiger partial charge in [-0.3, -0.25) is 0 Å². The second-order valence-corrected chi connectivity index (χ2v) is 6.84. The molecule has 0 bridgehead atoms. The normalized spacial score (nSPS) is 24.6. The number of allylic oxidation sites excluding steroid dienone is 2. The SMILES string of the molecule is CCc1ccc2c(c1)[C@@H]1C=CC[C@@H]1[C@H](c1ccccc1C(F)(F)F)N2. The number of rotatable bonds is 2. The molecule has 0 saturated carbocycles. The van der Waals surface area contributed by atoms with E-state index in [2.05, 4.69) is 36.5 Å². The van der Waals surface area contributed by atoms with E-state index in [1.807, 2.05) is 6.07 Å². The molecule has 0 fully saturated rings. The quantitative estimate of drug-likeness (QED) is 0.650. The maximum atomic E-state index is 13.5. The summed E-state index contributed by atoms with van der Waals surface area (Å²) in [6.07, 6.45) is 1.67. The fraction of sp³-hybridized carbons (Fsp3) is 0.333. The Morgan fingerprint density at radius 2 is 1.88 bits per heavy atom. The molecule has 2 aliphatic rings. The topological polar surface area (TPSA) is 12.0 Å². The lowest BCUT2D eigenvalue weighted by Gasteiger charge is -2.38. The second kappa shape index (κ2) is 5.94. The Hall–Kier alpha value is -2.23. The third-order valence-electron chi connectivity index (χ3n) is 5.44. The molecule has 1 N–H and O–H groups in total. The minimum atomic E-state index is -4.34. The van der Waals surface area contributed by atoms with E-state index in [4.69, 9.17) is 0 Å². The van der Waals surface area contributed by atoms with Crippen LogP contribution >= 0.6 is 0 Å². The smallest absolute Gasteiger partial charge is 0.378 e. The number of hydrogen-bond donors (Lipinski definition) is 1. The molecule has 0 radical (unpaired) electrons. The molecule has 0 unspecified atom stereocenters. The van der Waals surface area contributed by atoms with Crippen LogP contribution in [0.25, 0.3) is 0 Å². The van der Waals surface area contributed by atoms with Crippen molar-refractivity contribution in [3.05, 3.63) is 76.9 Å². The van der Waals surface area contributed by atoms with Crippen molar-refractivity contribution in [1.82, 2.24) is 0 Å². The Bertz CT molecular complexity index is 822. The Morgan fingerprint density at radius 1 is 1.08 bits per heavy atom. The van der Waals surface area contributed by atoms with Gasteiger partial charge >= 0.3 is 6.18 Å². The summed E-state index contributed by atoms with van der Waals surface area (Å²) >= 11 is 0. The van der Waals surface area contributed by atoms with Gasteiger partial charge in [0.1, 0.15) is 0 Å². The molecule has 0 spiro atoms. The van der Waals surface area contributed by atoms with Crippen molar-refractivity contribution < 1.29 is 13.2 Å². The summed E-state index contributed by atoms with van der Waals surface area (Å²) in [7, 11) is 0. The Labute approximate surface area is 145 Å². The van der Waals surface area contributed by atoms with Crippen LogP contribution in [0.1, 0.15) is 47.6 Å². The number of nitrogens with one attached hydrogen (secondary N) is 1. The van der Waals surface area contributed by atoms with Crippen LogP contribution in [0.5, 0.6) is 0 Å². The Balaban J connectivity index is 1.81. The predicted octanol–water partition coefficient (Wildman–Crippen LogP) is 6.09. The van der Waals surface area contributed by atoms with E-state index in [1.165, 1.54) is 23.3 Å². The predicted molar refractivity (Wildman–Crippen MR) is 93.6 cm³/mol. The molecule has 1 aliphatic heterocycles. The average Bonchev–Trinajstić information content (AvgIpc) is 3.10. The van der Waals surface area contributed by atoms with Crippen molar-refractivity contribution >= 4 is 5.69 Å². The number of alkyl halides is 3. The molecule has 1 nitrogen and oxygen atoms in total. The van der Waals surface area contributed by atoms with Gasteiger partial charge in [-0.2, -0.15) is 13.2 Å². The summed E-state index contributed by atoms with van der Waals surface area (Å²) in [5, 5.41) is 3.41. The van der Waals surface area contributed by atoms with Gasteiger partial charge in [-0.1, -0.05) is 49.4 Å². The molecule has 0 saturated heterocycles. The third kappa shape index (κ3) is 2.74. The molecule has 3 atom stereocenters. The van der Waals surface area contributed by atoms with Crippen molar-refractivity contribution in [3.8, 4) is 0 Å². The molecule has 25 heavy (non-hydrogen) atoms. The molecular weight excluding hydrogens is 323 g/mol. The van der Waals surface area contributed by atoms with Crippen LogP contribution in [0.4, 0.5) is 18.9 Å². The zero-order chi connectivity index (χ0) is 17.6. The molecule has 4 rings (SSSR count). The first-order chi connectivity index (χ1) is 12.0. The van der Waals surface area contributed by atoms with Crippen molar-refractivity contribution in [1.29, 1.82) is 0 Å². The lowest BCUT2D eigenvalue weighted by molar-refractivity contribution is -0.138. The van der Waals surface area contributed by atoms with Crippen LogP contribution in [0.3, 0.4) is 0 Å². The highest BCUT2D eigenvalue weighted by Gasteiger charge is 2.42. The maximum absolute atomic E-state index is 13.5. The average molecular weight is 343 g/mol. The molecule has 1 aliphatic carbocycles. The van der Waals surface area contributed by atoms with Gasteiger partial charge in [0.15, 0.2) is 0 Å². The molecule has 4 heteroatoms. The Kier molecular flexibility index (Phi) is 3.86. The van der Waals surface area contributed by atoms with Crippen LogP contribution in [0.2, 0.25) is 0 Å². The summed E-state index contributed by atoms with van der Waals surface area (Å²) in [5.41, 5.74) is 3.23. The van der Waals surface area contributed by atoms with E-state index in [0.29, 0.717) is 5.56 Å². The summed E-state index contributed by atoms with van der Waals surface area (Å²) in [6, 6.07) is 11.9. The van der Waals surface area contributed by atoms with Gasteiger partial charge in [-0.25, -0.2) is 0 Å². The van der Waals surface area contributed by atoms with Crippen LogP contribution < -0.4 is 5.32 Å². The van der Waals surface area contributed by atoms with Crippen molar-refractivity contribution in [3.63, 3.8) is 0 Å². The van der Waals surface area contributed by atoms with E-state index < -0.39 is 11.7 Å². The van der Waals surface area contributed by atoms with Gasteiger partial charge in [-0.05, 0) is 47.6 Å². The number of hydrogen-bond acceptors (Lipinski definition) is 1. The summed E-state index contributed by atoms with van der Waals surface area (Å²) in [5.74, 6) is 0.289. The lowest BCUT2D eigenvalue weighted by Crippen LogP contribution is -2.30. The number of halogens is 3. The highest BCUT2D eigenvalue weighted by atomic mass is 19.4. The van der Waals surface area contributed by atoms with Crippen molar-refractivity contribution in [2.45, 2.75) is 37.9 Å². The molecule has 2 aromatic rings. The number of fused-ring (bicyclic) bond motifs is 3. The van der Waals surface area contributed by atoms with Crippen molar-refractivity contribution in [2.75, 3.05) is 5.32 Å². The fourth-order valence-corrected chi connectivity index (χ4v) is 4.20. The van der Waals surface area contributed by atoms with E-state index in [9.17, 15) is 13.2 Å². The van der Waals surface area contributed by atoms with Crippen LogP contribution in [-0.2, 0) is 12.6 Å². The fourth-order valence-electron chi connectivity index (χ4n) is 4.20. The third-order valence-corrected chi connectivity index (χ3v) is 5.44. The second-order valence-electron chi connectivity index (χ2n) is 6.84. The van der Waals surface area contributed by atoms with Gasteiger partial charge in [0, 0.05) is 11.6 Å². The molecule has 1 heterocycles. The molecular formula is C21H20F3N. The zero-order valence-electron chi connectivity index (χ0n) is 14.0. The summed E-state index contributed by atoms with van der Waals surface area (Å²) in [6.45, 7) is 2.11. The van der Waals surface area contributed by atoms with E-state index in [0.717, 1.165) is 18.5 Å². The van der Waals surface area contributed by atoms with Crippen LogP contribution in [0, 0.1) is 5.92 Å². The first kappa shape index (κ1) is 16.2. The number of benzene rings is 2. The summed E-state index contributed by atoms with van der Waals surface area (Å²) < 4.78 is 40.5. The maximum Gasteiger partial charge on any atom is 0.416 e. The van der Waals surface area contributed by atoms with E-state index in [-0.39, 0.29) is 17.9 Å². The van der Waals surface area contributed by atoms with Crippen LogP contribution in [0.15, 0.2) is 54.6 Å². The first-order valence-corrected chi connectivity index (χ1v) is 8.71. The highest BCUT2D eigenvalue weighted by molar-refractivity contribution is 5.61. The largest absolute Gasteiger partial charge is 0.416 e. The number of anilines is 1. The minimum absolute atomic E-state index is 0.114. The highest BCUT2D eigenvalue weighted by Crippen LogP contribution is 2.51. The van der Waals surface area contributed by atoms with Crippen molar-refractivity contribution in [2.24, 2.45) is 5.92 Å². The standard InChI is InChI=1S/C21H20F3N/c1-2-13-10-11-19-17(12-13)14-7-5-8-15(14)20(25-19)16-6-3-4-9-18(16)21(22,23)24/h3-7,9-12,14-15,20,25H,2,8H2,1H3/t14-,15+,20-/m1/s1. The first-order valence-electron chi connectivity index (χ1n) is 8.71. The van der Waals surface area contributed by atoms with Gasteiger partial charge in [-0.15, -0.1) is 0 Å². The molecule has 0 aromatic heterocycles.